The molecule has 4 rings (SSSR count). The zero-order valence-electron chi connectivity index (χ0n) is 18.8. The highest BCUT2D eigenvalue weighted by Gasteiger charge is 2.40. The lowest BCUT2D eigenvalue weighted by atomic mass is 9.74. The van der Waals surface area contributed by atoms with Crippen LogP contribution in [0.25, 0.3) is 11.1 Å². The van der Waals surface area contributed by atoms with E-state index in [9.17, 15) is 14.4 Å². The minimum atomic E-state index is -0.903. The lowest BCUT2D eigenvalue weighted by Crippen LogP contribution is -2.56. The van der Waals surface area contributed by atoms with Crippen LogP contribution in [0.15, 0.2) is 48.5 Å². The van der Waals surface area contributed by atoms with Crippen LogP contribution in [0.5, 0.6) is 0 Å². The fourth-order valence-electron chi connectivity index (χ4n) is 4.79. The van der Waals surface area contributed by atoms with Crippen molar-refractivity contribution in [3.63, 3.8) is 0 Å². The maximum absolute atomic E-state index is 12.5. The molecule has 2 aromatic rings. The first-order chi connectivity index (χ1) is 15.9. The number of alkyl carbamates (subject to hydrolysis) is 1. The third kappa shape index (κ3) is 5.02. The van der Waals surface area contributed by atoms with Crippen LogP contribution in [-0.4, -0.2) is 41.8 Å². The number of aliphatic carboxylic acids is 1. The molecule has 0 spiro atoms. The van der Waals surface area contributed by atoms with E-state index in [0.717, 1.165) is 17.5 Å². The Kier molecular flexibility index (Phi) is 6.67. The van der Waals surface area contributed by atoms with Crippen molar-refractivity contribution in [3.8, 4) is 11.1 Å². The van der Waals surface area contributed by atoms with E-state index in [2.05, 4.69) is 34.9 Å². The van der Waals surface area contributed by atoms with Crippen molar-refractivity contribution < 1.29 is 24.2 Å². The number of nitrogens with one attached hydrogen (secondary N) is 2. The molecule has 2 aliphatic carbocycles. The van der Waals surface area contributed by atoms with Gasteiger partial charge in [0.2, 0.25) is 5.91 Å². The number of rotatable bonds is 9. The molecule has 7 heteroatoms. The highest BCUT2D eigenvalue weighted by Crippen LogP contribution is 2.44. The summed E-state index contributed by atoms with van der Waals surface area (Å²) in [5, 5.41) is 14.7. The Labute approximate surface area is 193 Å². The summed E-state index contributed by atoms with van der Waals surface area (Å²) in [6, 6.07) is 16.3. The Morgan fingerprint density at radius 1 is 1.06 bits per heavy atom. The highest BCUT2D eigenvalue weighted by atomic mass is 16.5. The standard InChI is InChI=1S/C26H30N2O5/c1-17(24(31)28-26(12-6-13-26)15-23(29)30)11-14-27-25(32)33-16-22-20-9-4-2-7-18(20)19-8-3-5-10-21(19)22/h2-5,7-10,17,22H,6,11-16H2,1H3,(H,27,32)(H,28,31)(H,29,30). The molecular formula is C26H30N2O5. The predicted octanol–water partition coefficient (Wildman–Crippen LogP) is 4.06. The molecule has 7 nitrogen and oxygen atoms in total. The molecule has 0 aromatic heterocycles. The molecule has 3 N–H and O–H groups in total. The quantitative estimate of drug-likeness (QED) is 0.534. The van der Waals surface area contributed by atoms with Crippen molar-refractivity contribution in [2.24, 2.45) is 5.92 Å². The summed E-state index contributed by atoms with van der Waals surface area (Å²) in [5.41, 5.74) is 4.05. The van der Waals surface area contributed by atoms with Gasteiger partial charge >= 0.3 is 12.1 Å². The SMILES string of the molecule is CC(CCNC(=O)OCC1c2ccccc2-c2ccccc21)C(=O)NC1(CC(=O)O)CCC1. The molecular weight excluding hydrogens is 420 g/mol. The van der Waals surface area contributed by atoms with Crippen LogP contribution >= 0.6 is 0 Å². The number of benzene rings is 2. The maximum atomic E-state index is 12.5. The van der Waals surface area contributed by atoms with Gasteiger partial charge in [-0.3, -0.25) is 9.59 Å². The Balaban J connectivity index is 1.23. The van der Waals surface area contributed by atoms with Gasteiger partial charge in [-0.2, -0.15) is 0 Å². The minimum Gasteiger partial charge on any atom is -0.481 e. The Hall–Kier alpha value is -3.35. The summed E-state index contributed by atoms with van der Waals surface area (Å²) in [6.45, 7) is 2.33. The summed E-state index contributed by atoms with van der Waals surface area (Å²) in [6.07, 6.45) is 2.19. The zero-order chi connectivity index (χ0) is 23.4. The summed E-state index contributed by atoms with van der Waals surface area (Å²) in [7, 11) is 0. The number of ether oxygens (including phenoxy) is 1. The number of carboxylic acid groups (broad SMARTS) is 1. The number of carboxylic acids is 1. The number of carbonyl (C=O) groups is 3. The number of fused-ring (bicyclic) bond motifs is 3. The van der Waals surface area contributed by atoms with Gasteiger partial charge in [0, 0.05) is 18.4 Å². The lowest BCUT2D eigenvalue weighted by Gasteiger charge is -2.42. The molecule has 174 valence electrons. The first-order valence-corrected chi connectivity index (χ1v) is 11.5. The normalized spacial score (nSPS) is 16.6. The van der Waals surface area contributed by atoms with E-state index in [0.29, 0.717) is 25.8 Å². The van der Waals surface area contributed by atoms with Crippen LogP contribution in [0.1, 0.15) is 56.1 Å². The van der Waals surface area contributed by atoms with E-state index in [-0.39, 0.29) is 30.8 Å². The minimum absolute atomic E-state index is 0.000697. The van der Waals surface area contributed by atoms with Gasteiger partial charge in [-0.05, 0) is 47.9 Å². The molecule has 2 aliphatic rings. The second-order valence-corrected chi connectivity index (χ2v) is 9.14. The molecule has 1 saturated carbocycles. The van der Waals surface area contributed by atoms with Gasteiger partial charge in [0.05, 0.1) is 12.0 Å². The molecule has 0 radical (unpaired) electrons. The van der Waals surface area contributed by atoms with E-state index in [1.54, 1.807) is 6.92 Å². The first kappa shape index (κ1) is 22.8. The first-order valence-electron chi connectivity index (χ1n) is 11.5. The lowest BCUT2D eigenvalue weighted by molar-refractivity contribution is -0.140. The third-order valence-electron chi connectivity index (χ3n) is 6.83. The molecule has 0 saturated heterocycles. The summed E-state index contributed by atoms with van der Waals surface area (Å²) < 4.78 is 5.52. The number of hydrogen-bond acceptors (Lipinski definition) is 4. The largest absolute Gasteiger partial charge is 0.481 e. The van der Waals surface area contributed by atoms with Gasteiger partial charge in [0.25, 0.3) is 0 Å². The van der Waals surface area contributed by atoms with Gasteiger partial charge in [-0.1, -0.05) is 55.5 Å². The smallest absolute Gasteiger partial charge is 0.407 e. The van der Waals surface area contributed by atoms with Crippen LogP contribution < -0.4 is 10.6 Å². The third-order valence-corrected chi connectivity index (χ3v) is 6.83. The van der Waals surface area contributed by atoms with Gasteiger partial charge in [0.1, 0.15) is 6.61 Å². The van der Waals surface area contributed by atoms with Gasteiger partial charge < -0.3 is 20.5 Å². The Bertz CT molecular complexity index is 1000. The Morgan fingerprint density at radius 2 is 1.67 bits per heavy atom. The van der Waals surface area contributed by atoms with E-state index in [1.165, 1.54) is 11.1 Å². The second-order valence-electron chi connectivity index (χ2n) is 9.14. The summed E-state index contributed by atoms with van der Waals surface area (Å²) in [4.78, 5) is 35.9. The van der Waals surface area contributed by atoms with Crippen molar-refractivity contribution in [1.29, 1.82) is 0 Å². The van der Waals surface area contributed by atoms with Crippen LogP contribution in [0.2, 0.25) is 0 Å². The maximum Gasteiger partial charge on any atom is 0.407 e. The van der Waals surface area contributed by atoms with Crippen molar-refractivity contribution >= 4 is 18.0 Å². The number of carbonyl (C=O) groups excluding carboxylic acids is 2. The summed E-state index contributed by atoms with van der Waals surface area (Å²) in [5.74, 6) is -1.42. The van der Waals surface area contributed by atoms with Crippen molar-refractivity contribution in [2.75, 3.05) is 13.2 Å². The van der Waals surface area contributed by atoms with Gasteiger partial charge in [0.15, 0.2) is 0 Å². The fraction of sp³-hybridized carbons (Fsp3) is 0.423. The summed E-state index contributed by atoms with van der Waals surface area (Å²) >= 11 is 0. The highest BCUT2D eigenvalue weighted by molar-refractivity contribution is 5.81. The molecule has 33 heavy (non-hydrogen) atoms. The molecule has 1 atom stereocenters. The van der Waals surface area contributed by atoms with E-state index in [4.69, 9.17) is 9.84 Å². The second kappa shape index (κ2) is 9.65. The molecule has 0 aliphatic heterocycles. The predicted molar refractivity (Wildman–Crippen MR) is 124 cm³/mol. The average molecular weight is 451 g/mol. The molecule has 2 amide bonds. The molecule has 1 fully saturated rings. The fourth-order valence-corrected chi connectivity index (χ4v) is 4.79. The Morgan fingerprint density at radius 3 is 2.21 bits per heavy atom. The van der Waals surface area contributed by atoms with E-state index >= 15 is 0 Å². The molecule has 2 aromatic carbocycles. The van der Waals surface area contributed by atoms with Crippen molar-refractivity contribution in [3.05, 3.63) is 59.7 Å². The molecule has 0 heterocycles. The number of hydrogen-bond donors (Lipinski definition) is 3. The number of amides is 2. The van der Waals surface area contributed by atoms with Gasteiger partial charge in [-0.25, -0.2) is 4.79 Å². The topological polar surface area (TPSA) is 105 Å². The van der Waals surface area contributed by atoms with Crippen LogP contribution in [0.3, 0.4) is 0 Å². The van der Waals surface area contributed by atoms with Crippen LogP contribution in [-0.2, 0) is 14.3 Å². The zero-order valence-corrected chi connectivity index (χ0v) is 18.8. The monoisotopic (exact) mass is 450 g/mol. The average Bonchev–Trinajstić information content (AvgIpc) is 3.09. The molecule has 1 unspecified atom stereocenters. The van der Waals surface area contributed by atoms with E-state index in [1.807, 2.05) is 24.3 Å². The van der Waals surface area contributed by atoms with Crippen molar-refractivity contribution in [1.82, 2.24) is 10.6 Å². The van der Waals surface area contributed by atoms with Crippen LogP contribution in [0, 0.1) is 5.92 Å². The van der Waals surface area contributed by atoms with Crippen LogP contribution in [0.4, 0.5) is 4.79 Å². The van der Waals surface area contributed by atoms with Crippen molar-refractivity contribution in [2.45, 2.75) is 50.5 Å². The molecule has 0 bridgehead atoms. The van der Waals surface area contributed by atoms with Gasteiger partial charge in [-0.15, -0.1) is 0 Å². The van der Waals surface area contributed by atoms with E-state index < -0.39 is 17.6 Å².